The summed E-state index contributed by atoms with van der Waals surface area (Å²) in [4.78, 5) is 0. The van der Waals surface area contributed by atoms with Crippen LogP contribution in [0, 0.1) is 0 Å². The molecule has 0 bridgehead atoms. The molecule has 0 radical (unpaired) electrons. The third-order valence-corrected chi connectivity index (χ3v) is 4.43. The Hall–Kier alpha value is -1.55. The van der Waals surface area contributed by atoms with Crippen molar-refractivity contribution in [3.05, 3.63) is 65.2 Å². The molecule has 0 amide bonds. The van der Waals surface area contributed by atoms with Gasteiger partial charge < -0.3 is 15.2 Å². The van der Waals surface area contributed by atoms with E-state index in [1.165, 1.54) is 11.1 Å². The fourth-order valence-corrected chi connectivity index (χ4v) is 3.10. The topological polar surface area (TPSA) is 41.5 Å². The molecule has 0 fully saturated rings. The molecule has 2 unspecified atom stereocenters. The van der Waals surface area contributed by atoms with Crippen LogP contribution < -0.4 is 10.1 Å². The zero-order valence-corrected chi connectivity index (χ0v) is 14.2. The number of aryl methyl sites for hydroxylation is 1. The van der Waals surface area contributed by atoms with E-state index in [1.807, 2.05) is 36.4 Å². The smallest absolute Gasteiger partial charge is 0.119 e. The van der Waals surface area contributed by atoms with Gasteiger partial charge in [-0.3, -0.25) is 0 Å². The first-order valence-corrected chi connectivity index (χ1v) is 7.88. The first-order valence-electron chi connectivity index (χ1n) is 7.88. The van der Waals surface area contributed by atoms with Crippen LogP contribution in [0.15, 0.2) is 48.5 Å². The lowest BCUT2D eigenvalue weighted by Crippen LogP contribution is -2.37. The minimum absolute atomic E-state index is 0. The molecule has 4 heteroatoms. The van der Waals surface area contributed by atoms with Crippen molar-refractivity contribution in [1.82, 2.24) is 5.32 Å². The summed E-state index contributed by atoms with van der Waals surface area (Å²) in [6.07, 6.45) is 2.73. The molecular weight excluding hydrogens is 310 g/mol. The summed E-state index contributed by atoms with van der Waals surface area (Å²) in [6.45, 7) is 0.597. The molecule has 2 aromatic rings. The third kappa shape index (κ3) is 4.47. The van der Waals surface area contributed by atoms with Gasteiger partial charge in [-0.2, -0.15) is 0 Å². The zero-order chi connectivity index (χ0) is 15.4. The van der Waals surface area contributed by atoms with E-state index in [0.29, 0.717) is 12.6 Å². The molecule has 3 nitrogen and oxygen atoms in total. The molecule has 0 aliphatic heterocycles. The van der Waals surface area contributed by atoms with Crippen molar-refractivity contribution in [3.63, 3.8) is 0 Å². The Kier molecular flexibility index (Phi) is 6.46. The molecule has 124 valence electrons. The first-order chi connectivity index (χ1) is 10.8. The standard InChI is InChI=1S/C19H23NO2.ClH/c1-22-18-10-8-15-11-17(9-7-16(15)12-18)20-13-19(21)14-5-3-2-4-6-14;/h2-6,8,10,12,17,19-21H,7,9,11,13H2,1H3;1H. The molecule has 0 spiro atoms. The van der Waals surface area contributed by atoms with Crippen LogP contribution in [0.5, 0.6) is 5.75 Å². The fraction of sp³-hybridized carbons (Fsp3) is 0.368. The molecule has 2 N–H and O–H groups in total. The number of benzene rings is 2. The Morgan fingerprint density at radius 3 is 2.70 bits per heavy atom. The lowest BCUT2D eigenvalue weighted by molar-refractivity contribution is 0.168. The summed E-state index contributed by atoms with van der Waals surface area (Å²) in [5.41, 5.74) is 3.75. The summed E-state index contributed by atoms with van der Waals surface area (Å²) in [5, 5.41) is 13.7. The quantitative estimate of drug-likeness (QED) is 0.882. The Bertz CT molecular complexity index is 618. The molecule has 1 aliphatic rings. The van der Waals surface area contributed by atoms with Crippen LogP contribution in [-0.4, -0.2) is 24.8 Å². The Balaban J connectivity index is 0.00000192. The van der Waals surface area contributed by atoms with Gasteiger partial charge in [0.15, 0.2) is 0 Å². The van der Waals surface area contributed by atoms with Crippen LogP contribution in [0.4, 0.5) is 0 Å². The largest absolute Gasteiger partial charge is 0.497 e. The lowest BCUT2D eigenvalue weighted by Gasteiger charge is -2.27. The van der Waals surface area contributed by atoms with Gasteiger partial charge in [0.25, 0.3) is 0 Å². The SMILES string of the molecule is COc1ccc2c(c1)CCC(NCC(O)c1ccccc1)C2.Cl. The molecule has 0 heterocycles. The third-order valence-electron chi connectivity index (χ3n) is 4.43. The maximum absolute atomic E-state index is 10.2. The molecule has 0 aromatic heterocycles. The summed E-state index contributed by atoms with van der Waals surface area (Å²) in [7, 11) is 1.71. The number of hydrogen-bond donors (Lipinski definition) is 2. The number of methoxy groups -OCH3 is 1. The summed E-state index contributed by atoms with van der Waals surface area (Å²) in [6, 6.07) is 16.6. The number of ether oxygens (including phenoxy) is 1. The lowest BCUT2D eigenvalue weighted by atomic mass is 9.88. The molecule has 23 heavy (non-hydrogen) atoms. The Morgan fingerprint density at radius 1 is 1.17 bits per heavy atom. The van der Waals surface area contributed by atoms with Crippen LogP contribution in [-0.2, 0) is 12.8 Å². The van der Waals surface area contributed by atoms with Crippen molar-refractivity contribution in [1.29, 1.82) is 0 Å². The van der Waals surface area contributed by atoms with E-state index in [-0.39, 0.29) is 12.4 Å². The highest BCUT2D eigenvalue weighted by atomic mass is 35.5. The fourth-order valence-electron chi connectivity index (χ4n) is 3.10. The zero-order valence-electron chi connectivity index (χ0n) is 13.4. The van der Waals surface area contributed by atoms with Crippen LogP contribution >= 0.6 is 12.4 Å². The number of halogens is 1. The van der Waals surface area contributed by atoms with E-state index in [4.69, 9.17) is 4.74 Å². The van der Waals surface area contributed by atoms with Crippen molar-refractivity contribution in [2.45, 2.75) is 31.4 Å². The molecule has 0 saturated heterocycles. The van der Waals surface area contributed by atoms with E-state index in [0.717, 1.165) is 30.6 Å². The second-order valence-electron chi connectivity index (χ2n) is 5.91. The minimum atomic E-state index is -0.446. The Labute approximate surface area is 144 Å². The highest BCUT2D eigenvalue weighted by Crippen LogP contribution is 2.25. The predicted molar refractivity (Wildman–Crippen MR) is 95.5 cm³/mol. The second-order valence-corrected chi connectivity index (χ2v) is 5.91. The van der Waals surface area contributed by atoms with Gasteiger partial charge in [-0.15, -0.1) is 12.4 Å². The van der Waals surface area contributed by atoms with E-state index in [9.17, 15) is 5.11 Å². The van der Waals surface area contributed by atoms with Gasteiger partial charge in [0.1, 0.15) is 5.75 Å². The average Bonchev–Trinajstić information content (AvgIpc) is 2.59. The van der Waals surface area contributed by atoms with Gasteiger partial charge in [-0.25, -0.2) is 0 Å². The molecule has 2 aromatic carbocycles. The number of rotatable bonds is 5. The van der Waals surface area contributed by atoms with E-state index in [1.54, 1.807) is 7.11 Å². The molecular formula is C19H24ClNO2. The molecule has 0 saturated carbocycles. The highest BCUT2D eigenvalue weighted by Gasteiger charge is 2.19. The van der Waals surface area contributed by atoms with Crippen molar-refractivity contribution < 1.29 is 9.84 Å². The van der Waals surface area contributed by atoms with E-state index in [2.05, 4.69) is 17.4 Å². The van der Waals surface area contributed by atoms with Crippen LogP contribution in [0.3, 0.4) is 0 Å². The molecule has 2 atom stereocenters. The maximum Gasteiger partial charge on any atom is 0.119 e. The number of fused-ring (bicyclic) bond motifs is 1. The summed E-state index contributed by atoms with van der Waals surface area (Å²) < 4.78 is 5.29. The summed E-state index contributed by atoms with van der Waals surface area (Å²) >= 11 is 0. The van der Waals surface area contributed by atoms with Gasteiger partial charge in [0.2, 0.25) is 0 Å². The van der Waals surface area contributed by atoms with E-state index < -0.39 is 6.10 Å². The second kappa shape index (κ2) is 8.34. The molecule has 3 rings (SSSR count). The van der Waals surface area contributed by atoms with Crippen LogP contribution in [0.25, 0.3) is 0 Å². The van der Waals surface area contributed by atoms with Crippen LogP contribution in [0.1, 0.15) is 29.2 Å². The maximum atomic E-state index is 10.2. The van der Waals surface area contributed by atoms with Crippen molar-refractivity contribution in [2.24, 2.45) is 0 Å². The van der Waals surface area contributed by atoms with Gasteiger partial charge in [0, 0.05) is 12.6 Å². The van der Waals surface area contributed by atoms with Crippen molar-refractivity contribution in [3.8, 4) is 5.75 Å². The average molecular weight is 334 g/mol. The van der Waals surface area contributed by atoms with Gasteiger partial charge in [-0.05, 0) is 48.1 Å². The van der Waals surface area contributed by atoms with Crippen molar-refractivity contribution >= 4 is 12.4 Å². The summed E-state index contributed by atoms with van der Waals surface area (Å²) in [5.74, 6) is 0.935. The first kappa shape index (κ1) is 17.8. The number of aliphatic hydroxyl groups excluding tert-OH is 1. The number of nitrogens with one attached hydrogen (secondary N) is 1. The van der Waals surface area contributed by atoms with Gasteiger partial charge in [0.05, 0.1) is 13.2 Å². The van der Waals surface area contributed by atoms with E-state index >= 15 is 0 Å². The number of hydrogen-bond acceptors (Lipinski definition) is 3. The Morgan fingerprint density at radius 2 is 1.96 bits per heavy atom. The predicted octanol–water partition coefficient (Wildman–Crippen LogP) is 3.30. The number of aliphatic hydroxyl groups is 1. The normalized spacial score (nSPS) is 17.7. The monoisotopic (exact) mass is 333 g/mol. The van der Waals surface area contributed by atoms with Crippen LogP contribution in [0.2, 0.25) is 0 Å². The van der Waals surface area contributed by atoms with Crippen molar-refractivity contribution in [2.75, 3.05) is 13.7 Å². The van der Waals surface area contributed by atoms with Gasteiger partial charge in [-0.1, -0.05) is 36.4 Å². The highest BCUT2D eigenvalue weighted by molar-refractivity contribution is 5.85. The minimum Gasteiger partial charge on any atom is -0.497 e. The molecule has 1 aliphatic carbocycles. The van der Waals surface area contributed by atoms with Gasteiger partial charge >= 0.3 is 0 Å².